The van der Waals surface area contributed by atoms with Gasteiger partial charge in [0.05, 0.1) is 11.3 Å². The van der Waals surface area contributed by atoms with Gasteiger partial charge >= 0.3 is 16.2 Å². The lowest BCUT2D eigenvalue weighted by Gasteiger charge is -2.04. The molecule has 0 spiro atoms. The van der Waals surface area contributed by atoms with Crippen molar-refractivity contribution in [2.45, 2.75) is 26.2 Å². The summed E-state index contributed by atoms with van der Waals surface area (Å²) in [5.41, 5.74) is -0.0995. The number of hydrogen-bond donors (Lipinski definition) is 2. The predicted octanol–water partition coefficient (Wildman–Crippen LogP) is 2.20. The lowest BCUT2D eigenvalue weighted by atomic mass is 10.2. The number of rotatable bonds is 7. The summed E-state index contributed by atoms with van der Waals surface area (Å²) in [7, 11) is -4.47. The molecule has 0 saturated carbocycles. The fourth-order valence-corrected chi connectivity index (χ4v) is 1.96. The van der Waals surface area contributed by atoms with E-state index in [9.17, 15) is 13.2 Å². The minimum absolute atomic E-state index is 0.0253. The van der Waals surface area contributed by atoms with Crippen LogP contribution in [0.3, 0.4) is 0 Å². The summed E-state index contributed by atoms with van der Waals surface area (Å²) >= 11 is 0. The van der Waals surface area contributed by atoms with Gasteiger partial charge < -0.3 is 0 Å². The molecule has 1 aromatic carbocycles. The van der Waals surface area contributed by atoms with Gasteiger partial charge in [0.2, 0.25) is 10.0 Å². The molecule has 0 atom stereocenters. The molecule has 21 heavy (non-hydrogen) atoms. The lowest BCUT2D eigenvalue weighted by Crippen LogP contribution is -2.13. The number of carbonyl (C=O) groups excluding carboxylic acids is 1. The van der Waals surface area contributed by atoms with Crippen LogP contribution in [0.15, 0.2) is 34.5 Å². The summed E-state index contributed by atoms with van der Waals surface area (Å²) in [5.74, 6) is -0.749. The molecule has 0 unspecified atom stereocenters. The molecule has 8 nitrogen and oxygen atoms in total. The van der Waals surface area contributed by atoms with Crippen LogP contribution in [0.4, 0.5) is 5.69 Å². The van der Waals surface area contributed by atoms with Crippen molar-refractivity contribution in [2.75, 3.05) is 11.3 Å². The third-order valence-corrected chi connectivity index (χ3v) is 2.93. The average molecular weight is 313 g/mol. The van der Waals surface area contributed by atoms with E-state index in [0.717, 1.165) is 19.3 Å². The monoisotopic (exact) mass is 313 g/mol. The van der Waals surface area contributed by atoms with Gasteiger partial charge in [-0.15, -0.1) is 0 Å². The molecule has 0 radical (unpaired) electrons. The zero-order chi connectivity index (χ0) is 15.7. The van der Waals surface area contributed by atoms with Crippen LogP contribution >= 0.6 is 0 Å². The van der Waals surface area contributed by atoms with E-state index in [2.05, 4.69) is 22.1 Å². The first kappa shape index (κ1) is 17.0. The molecular weight excluding hydrogens is 296 g/mol. The van der Waals surface area contributed by atoms with Crippen molar-refractivity contribution in [3.63, 3.8) is 0 Å². The summed E-state index contributed by atoms with van der Waals surface area (Å²) in [6, 6.07) is 5.74. The Balaban J connectivity index is 2.81. The van der Waals surface area contributed by atoms with Crippen LogP contribution in [0.5, 0.6) is 0 Å². The van der Waals surface area contributed by atoms with E-state index >= 15 is 0 Å². The van der Waals surface area contributed by atoms with E-state index < -0.39 is 16.2 Å². The number of nitrogens with one attached hydrogen (secondary N) is 1. The normalized spacial score (nSPS) is 10.6. The minimum atomic E-state index is -4.47. The second-order valence-electron chi connectivity index (χ2n) is 4.19. The van der Waals surface area contributed by atoms with Crippen molar-refractivity contribution in [3.05, 3.63) is 29.8 Å². The van der Waals surface area contributed by atoms with Crippen molar-refractivity contribution in [1.82, 2.24) is 4.91 Å². The van der Waals surface area contributed by atoms with Crippen LogP contribution in [0.1, 0.15) is 36.5 Å². The Morgan fingerprint density at radius 3 is 2.71 bits per heavy atom. The maximum Gasteiger partial charge on any atom is 0.362 e. The summed E-state index contributed by atoms with van der Waals surface area (Å²) in [6.07, 6.45) is 2.94. The summed E-state index contributed by atoms with van der Waals surface area (Å²) < 4.78 is 32.2. The van der Waals surface area contributed by atoms with E-state index in [4.69, 9.17) is 4.55 Å². The van der Waals surface area contributed by atoms with E-state index in [-0.39, 0.29) is 11.3 Å². The van der Waals surface area contributed by atoms with E-state index in [1.165, 1.54) is 24.3 Å². The van der Waals surface area contributed by atoms with E-state index in [1.807, 2.05) is 4.72 Å². The van der Waals surface area contributed by atoms with Crippen molar-refractivity contribution >= 4 is 21.9 Å². The van der Waals surface area contributed by atoms with Gasteiger partial charge in [-0.3, -0.25) is 14.1 Å². The topological polar surface area (TPSA) is 122 Å². The number of anilines is 1. The first-order chi connectivity index (χ1) is 9.94. The molecule has 0 aromatic heterocycles. The highest BCUT2D eigenvalue weighted by molar-refractivity contribution is 7.87. The van der Waals surface area contributed by atoms with Crippen molar-refractivity contribution in [2.24, 2.45) is 10.2 Å². The first-order valence-electron chi connectivity index (χ1n) is 6.40. The molecule has 2 N–H and O–H groups in total. The maximum atomic E-state index is 11.8. The lowest BCUT2D eigenvalue weighted by molar-refractivity contribution is 0.0993. The van der Waals surface area contributed by atoms with E-state index in [0.29, 0.717) is 6.54 Å². The van der Waals surface area contributed by atoms with Gasteiger partial charge in [0.1, 0.15) is 11.7 Å². The average Bonchev–Trinajstić information content (AvgIpc) is 2.41. The Morgan fingerprint density at radius 2 is 2.05 bits per heavy atom. The van der Waals surface area contributed by atoms with Gasteiger partial charge in [0, 0.05) is 0 Å². The molecule has 0 saturated heterocycles. The number of nitrogens with zero attached hydrogens (tertiary/aromatic N) is 3. The molecule has 0 bridgehead atoms. The van der Waals surface area contributed by atoms with E-state index in [1.54, 1.807) is 0 Å². The van der Waals surface area contributed by atoms with Crippen LogP contribution in [0, 0.1) is 0 Å². The standard InChI is InChI=1S/C12H16N4O4S/c1-2-3-6-9-13-16-14-12(17)10-7-4-5-8-11(10)15-21(18,19)20/h4-5,7-8H,2-3,6,9H2,1H3,(H-,15,17,18,19,20)/p+1. The molecule has 1 rings (SSSR count). The molecule has 0 aliphatic heterocycles. The Hall–Kier alpha value is -2.09. The number of carbonyl (C=O) groups is 1. The number of amides is 1. The Labute approximate surface area is 122 Å². The largest absolute Gasteiger partial charge is 0.362 e. The van der Waals surface area contributed by atoms with Crippen LogP contribution in [0.2, 0.25) is 0 Å². The van der Waals surface area contributed by atoms with Crippen LogP contribution < -0.4 is 9.63 Å². The molecule has 0 aliphatic carbocycles. The molecule has 1 amide bonds. The number of unbranched alkanes of at least 4 members (excludes halogenated alkanes) is 2. The minimum Gasteiger partial charge on any atom is -0.269 e. The highest BCUT2D eigenvalue weighted by Crippen LogP contribution is 2.16. The molecule has 0 aliphatic rings. The molecule has 0 heterocycles. The van der Waals surface area contributed by atoms with Crippen molar-refractivity contribution < 1.29 is 17.8 Å². The third kappa shape index (κ3) is 6.75. The van der Waals surface area contributed by atoms with Gasteiger partial charge in [-0.25, -0.2) is 0 Å². The Morgan fingerprint density at radius 1 is 1.33 bits per heavy atom. The van der Waals surface area contributed by atoms with Crippen LogP contribution in [0.25, 0.3) is 0 Å². The molecular formula is C12H17N4O4S+. The zero-order valence-electron chi connectivity index (χ0n) is 11.6. The van der Waals surface area contributed by atoms with Crippen molar-refractivity contribution in [3.8, 4) is 0 Å². The highest BCUT2D eigenvalue weighted by atomic mass is 32.2. The van der Waals surface area contributed by atoms with Gasteiger partial charge in [-0.05, 0) is 18.6 Å². The summed E-state index contributed by atoms with van der Waals surface area (Å²) in [5, 5.41) is 7.11. The molecule has 114 valence electrons. The zero-order valence-corrected chi connectivity index (χ0v) is 12.4. The Bertz CT molecular complexity index is 651. The number of hydrogen-bond acceptors (Lipinski definition) is 4. The van der Waals surface area contributed by atoms with Gasteiger partial charge in [0.25, 0.3) is 0 Å². The fourth-order valence-electron chi connectivity index (χ4n) is 1.50. The summed E-state index contributed by atoms with van der Waals surface area (Å²) in [6.45, 7) is 2.54. The van der Waals surface area contributed by atoms with Gasteiger partial charge in [-0.2, -0.15) is 8.42 Å². The fraction of sp³-hybridized carbons (Fsp3) is 0.417. The second kappa shape index (κ2) is 8.25. The third-order valence-electron chi connectivity index (χ3n) is 2.46. The van der Waals surface area contributed by atoms with Crippen LogP contribution in [-0.2, 0) is 10.3 Å². The molecule has 9 heteroatoms. The maximum absolute atomic E-state index is 11.8. The van der Waals surface area contributed by atoms with Crippen LogP contribution in [-0.4, -0.2) is 25.4 Å². The first-order valence-corrected chi connectivity index (χ1v) is 7.84. The molecule has 0 fully saturated rings. The summed E-state index contributed by atoms with van der Waals surface area (Å²) in [4.78, 5) is 15.2. The SMILES string of the molecule is CCCCCN=[N+]=NC(=O)c1ccccc1NS(=O)(=O)O. The molecule has 1 aromatic rings. The van der Waals surface area contributed by atoms with Gasteiger partial charge in [-0.1, -0.05) is 31.9 Å². The smallest absolute Gasteiger partial charge is 0.269 e. The number of para-hydroxylation sites is 1. The van der Waals surface area contributed by atoms with Crippen molar-refractivity contribution in [1.29, 1.82) is 0 Å². The van der Waals surface area contributed by atoms with Gasteiger partial charge in [0.15, 0.2) is 0 Å². The Kier molecular flexibility index (Phi) is 6.67. The second-order valence-corrected chi connectivity index (χ2v) is 5.34. The highest BCUT2D eigenvalue weighted by Gasteiger charge is 2.17. The quantitative estimate of drug-likeness (QED) is 0.346. The number of benzene rings is 1. The predicted molar refractivity (Wildman–Crippen MR) is 77.3 cm³/mol.